The van der Waals surface area contributed by atoms with Crippen LogP contribution in [0.5, 0.6) is 0 Å². The monoisotopic (exact) mass is 263 g/mol. The normalized spacial score (nSPS) is 12.4. The summed E-state index contributed by atoms with van der Waals surface area (Å²) < 4.78 is 15.0. The molecule has 0 amide bonds. The van der Waals surface area contributed by atoms with Crippen molar-refractivity contribution in [1.29, 1.82) is 0 Å². The molecule has 1 heterocycles. The molecular formula is C13H14FN3O2. The fourth-order valence-electron chi connectivity index (χ4n) is 2.03. The van der Waals surface area contributed by atoms with Crippen LogP contribution in [0.3, 0.4) is 0 Å². The van der Waals surface area contributed by atoms with Gasteiger partial charge in [-0.15, -0.1) is 0 Å². The van der Waals surface area contributed by atoms with Crippen molar-refractivity contribution in [3.63, 3.8) is 0 Å². The molecule has 2 N–H and O–H groups in total. The zero-order chi connectivity index (χ0) is 14.0. The van der Waals surface area contributed by atoms with Gasteiger partial charge in [-0.2, -0.15) is 0 Å². The number of hydrogen-bond donors (Lipinski definition) is 1. The van der Waals surface area contributed by atoms with Crippen LogP contribution in [0.1, 0.15) is 24.2 Å². The summed E-state index contributed by atoms with van der Waals surface area (Å²) in [5.74, 6) is -0.491. The van der Waals surface area contributed by atoms with Crippen LogP contribution in [-0.4, -0.2) is 9.49 Å². The fraction of sp³-hybridized carbons (Fsp3) is 0.231. The smallest absolute Gasteiger partial charge is 0.274 e. The third kappa shape index (κ3) is 2.79. The van der Waals surface area contributed by atoms with Crippen molar-refractivity contribution in [3.8, 4) is 0 Å². The lowest BCUT2D eigenvalue weighted by Crippen LogP contribution is -2.13. The van der Waals surface area contributed by atoms with E-state index in [-0.39, 0.29) is 18.3 Å². The van der Waals surface area contributed by atoms with Gasteiger partial charge in [0.1, 0.15) is 5.82 Å². The predicted octanol–water partition coefficient (Wildman–Crippen LogP) is 2.60. The molecule has 1 aromatic carbocycles. The standard InChI is InChI=1S/C13H14FN3O2/c1-9(15)12-3-2-6-16(12)8-10-7-11(14)4-5-13(10)17(18)19/h2-7,9H,8,15H2,1H3. The molecule has 0 aliphatic heterocycles. The molecule has 0 aliphatic rings. The maximum absolute atomic E-state index is 13.2. The summed E-state index contributed by atoms with van der Waals surface area (Å²) in [4.78, 5) is 10.4. The summed E-state index contributed by atoms with van der Waals surface area (Å²) in [5.41, 5.74) is 6.89. The van der Waals surface area contributed by atoms with Gasteiger partial charge in [-0.25, -0.2) is 4.39 Å². The second-order valence-corrected chi connectivity index (χ2v) is 4.38. The minimum atomic E-state index is -0.510. The number of benzene rings is 1. The molecule has 19 heavy (non-hydrogen) atoms. The molecule has 0 fully saturated rings. The van der Waals surface area contributed by atoms with Crippen molar-refractivity contribution in [2.75, 3.05) is 0 Å². The highest BCUT2D eigenvalue weighted by molar-refractivity contribution is 5.40. The molecule has 0 spiro atoms. The summed E-state index contributed by atoms with van der Waals surface area (Å²) in [6.07, 6.45) is 1.77. The first kappa shape index (κ1) is 13.2. The molecule has 1 unspecified atom stereocenters. The topological polar surface area (TPSA) is 74.1 Å². The van der Waals surface area contributed by atoms with E-state index in [1.165, 1.54) is 12.1 Å². The molecule has 0 saturated heterocycles. The van der Waals surface area contributed by atoms with Gasteiger partial charge in [0.25, 0.3) is 5.69 Å². The Bertz CT molecular complexity index is 608. The van der Waals surface area contributed by atoms with Crippen molar-refractivity contribution in [2.45, 2.75) is 19.5 Å². The van der Waals surface area contributed by atoms with Gasteiger partial charge in [-0.3, -0.25) is 10.1 Å². The van der Waals surface area contributed by atoms with E-state index in [9.17, 15) is 14.5 Å². The highest BCUT2D eigenvalue weighted by Crippen LogP contribution is 2.22. The van der Waals surface area contributed by atoms with Gasteiger partial charge in [0.05, 0.1) is 17.0 Å². The average Bonchev–Trinajstić information content (AvgIpc) is 2.76. The van der Waals surface area contributed by atoms with E-state index in [0.29, 0.717) is 5.56 Å². The Labute approximate surface area is 109 Å². The van der Waals surface area contributed by atoms with Crippen molar-refractivity contribution in [2.24, 2.45) is 5.73 Å². The molecule has 6 heteroatoms. The minimum Gasteiger partial charge on any atom is -0.345 e. The number of nitro benzene ring substituents is 1. The van der Waals surface area contributed by atoms with Crippen molar-refractivity contribution >= 4 is 5.69 Å². The van der Waals surface area contributed by atoms with Crippen LogP contribution < -0.4 is 5.73 Å². The number of nitrogens with zero attached hydrogens (tertiary/aromatic N) is 2. The summed E-state index contributed by atoms with van der Waals surface area (Å²) in [7, 11) is 0. The molecule has 1 aromatic heterocycles. The summed E-state index contributed by atoms with van der Waals surface area (Å²) >= 11 is 0. The third-order valence-electron chi connectivity index (χ3n) is 2.91. The van der Waals surface area contributed by atoms with Gasteiger partial charge < -0.3 is 10.3 Å². The number of nitrogens with two attached hydrogens (primary N) is 1. The molecule has 0 bridgehead atoms. The van der Waals surface area contributed by atoms with Gasteiger partial charge in [0.2, 0.25) is 0 Å². The maximum Gasteiger partial charge on any atom is 0.274 e. The quantitative estimate of drug-likeness (QED) is 0.680. The number of aromatic nitrogens is 1. The van der Waals surface area contributed by atoms with Crippen LogP contribution in [0.2, 0.25) is 0 Å². The minimum absolute atomic E-state index is 0.0919. The Kier molecular flexibility index (Phi) is 3.62. The predicted molar refractivity (Wildman–Crippen MR) is 69.2 cm³/mol. The fourth-order valence-corrected chi connectivity index (χ4v) is 2.03. The molecule has 0 aliphatic carbocycles. The Morgan fingerprint density at radius 3 is 2.84 bits per heavy atom. The zero-order valence-electron chi connectivity index (χ0n) is 10.4. The average molecular weight is 263 g/mol. The highest BCUT2D eigenvalue weighted by atomic mass is 19.1. The largest absolute Gasteiger partial charge is 0.345 e. The van der Waals surface area contributed by atoms with E-state index >= 15 is 0 Å². The Morgan fingerprint density at radius 2 is 2.21 bits per heavy atom. The van der Waals surface area contributed by atoms with Gasteiger partial charge in [0.15, 0.2) is 0 Å². The van der Waals surface area contributed by atoms with Crippen LogP contribution in [0.4, 0.5) is 10.1 Å². The lowest BCUT2D eigenvalue weighted by molar-refractivity contribution is -0.385. The lowest BCUT2D eigenvalue weighted by Gasteiger charge is -2.12. The van der Waals surface area contributed by atoms with Crippen LogP contribution in [0.25, 0.3) is 0 Å². The number of nitro groups is 1. The summed E-state index contributed by atoms with van der Waals surface area (Å²) in [6.45, 7) is 2.05. The van der Waals surface area contributed by atoms with Gasteiger partial charge in [-0.1, -0.05) is 0 Å². The van der Waals surface area contributed by atoms with Crippen LogP contribution in [0.15, 0.2) is 36.5 Å². The van der Waals surface area contributed by atoms with Gasteiger partial charge >= 0.3 is 0 Å². The van der Waals surface area contributed by atoms with E-state index in [1.54, 1.807) is 10.8 Å². The summed E-state index contributed by atoms with van der Waals surface area (Å²) in [6, 6.07) is 6.91. The third-order valence-corrected chi connectivity index (χ3v) is 2.91. The maximum atomic E-state index is 13.2. The van der Waals surface area contributed by atoms with E-state index in [2.05, 4.69) is 0 Å². The van der Waals surface area contributed by atoms with Crippen LogP contribution in [0, 0.1) is 15.9 Å². The second-order valence-electron chi connectivity index (χ2n) is 4.38. The second kappa shape index (κ2) is 5.19. The Morgan fingerprint density at radius 1 is 1.47 bits per heavy atom. The van der Waals surface area contributed by atoms with E-state index in [1.807, 2.05) is 19.1 Å². The van der Waals surface area contributed by atoms with Crippen LogP contribution >= 0.6 is 0 Å². The van der Waals surface area contributed by atoms with Crippen molar-refractivity contribution in [3.05, 3.63) is 63.7 Å². The molecule has 1 atom stereocenters. The molecule has 100 valence electrons. The first-order chi connectivity index (χ1) is 8.99. The molecular weight excluding hydrogens is 249 g/mol. The van der Waals surface area contributed by atoms with E-state index in [4.69, 9.17) is 5.73 Å². The lowest BCUT2D eigenvalue weighted by atomic mass is 10.1. The molecule has 0 radical (unpaired) electrons. The summed E-state index contributed by atoms with van der Waals surface area (Å²) in [5, 5.41) is 10.9. The first-order valence-corrected chi connectivity index (χ1v) is 5.82. The SMILES string of the molecule is CC(N)c1cccn1Cc1cc(F)ccc1[N+](=O)[O-]. The molecule has 2 aromatic rings. The van der Waals surface area contributed by atoms with Crippen molar-refractivity contribution in [1.82, 2.24) is 4.57 Å². The van der Waals surface area contributed by atoms with Crippen molar-refractivity contribution < 1.29 is 9.31 Å². The Hall–Kier alpha value is -2.21. The number of hydrogen-bond acceptors (Lipinski definition) is 3. The molecule has 2 rings (SSSR count). The van der Waals surface area contributed by atoms with Gasteiger partial charge in [-0.05, 0) is 31.2 Å². The molecule has 5 nitrogen and oxygen atoms in total. The number of rotatable bonds is 4. The zero-order valence-corrected chi connectivity index (χ0v) is 10.4. The van der Waals surface area contributed by atoms with Gasteiger partial charge in [0, 0.05) is 24.0 Å². The van der Waals surface area contributed by atoms with E-state index < -0.39 is 10.7 Å². The Balaban J connectivity index is 2.40. The number of halogens is 1. The van der Waals surface area contributed by atoms with E-state index in [0.717, 1.165) is 11.8 Å². The van der Waals surface area contributed by atoms with Crippen LogP contribution in [-0.2, 0) is 6.54 Å². The first-order valence-electron chi connectivity index (χ1n) is 5.82. The molecule has 0 saturated carbocycles. The highest BCUT2D eigenvalue weighted by Gasteiger charge is 2.16.